The SMILES string of the molecule is O=C(Cl)NCCc1cccc2ccccc12. The predicted molar refractivity (Wildman–Crippen MR) is 66.9 cm³/mol. The number of nitrogens with one attached hydrogen (secondary N) is 1. The maximum Gasteiger partial charge on any atom is 0.313 e. The van der Waals surface area contributed by atoms with Gasteiger partial charge in [-0.05, 0) is 34.4 Å². The molecule has 0 saturated heterocycles. The van der Waals surface area contributed by atoms with Crippen molar-refractivity contribution in [2.24, 2.45) is 0 Å². The van der Waals surface area contributed by atoms with E-state index in [2.05, 4.69) is 29.6 Å². The lowest BCUT2D eigenvalue weighted by atomic mass is 10.0. The van der Waals surface area contributed by atoms with E-state index in [9.17, 15) is 4.79 Å². The molecule has 0 aromatic heterocycles. The van der Waals surface area contributed by atoms with E-state index < -0.39 is 5.37 Å². The standard InChI is InChI=1S/C13H12ClNO/c14-13(16)15-9-8-11-6-3-5-10-4-1-2-7-12(10)11/h1-7H,8-9H2,(H,15,16). The molecule has 0 atom stereocenters. The van der Waals surface area contributed by atoms with Gasteiger partial charge in [0.2, 0.25) is 0 Å². The molecule has 0 saturated carbocycles. The first-order chi connectivity index (χ1) is 7.77. The highest BCUT2D eigenvalue weighted by Crippen LogP contribution is 2.18. The second-order valence-corrected chi connectivity index (χ2v) is 3.93. The number of hydrogen-bond acceptors (Lipinski definition) is 1. The van der Waals surface area contributed by atoms with E-state index in [-0.39, 0.29) is 0 Å². The molecule has 0 aliphatic heterocycles. The molecule has 2 aromatic carbocycles. The van der Waals surface area contributed by atoms with Gasteiger partial charge in [-0.25, -0.2) is 0 Å². The summed E-state index contributed by atoms with van der Waals surface area (Å²) in [6.07, 6.45) is 0.791. The van der Waals surface area contributed by atoms with Gasteiger partial charge in [0.05, 0.1) is 0 Å². The summed E-state index contributed by atoms with van der Waals surface area (Å²) < 4.78 is 0. The van der Waals surface area contributed by atoms with Crippen LogP contribution in [0.15, 0.2) is 42.5 Å². The molecule has 0 radical (unpaired) electrons. The molecular weight excluding hydrogens is 222 g/mol. The molecule has 0 heterocycles. The van der Waals surface area contributed by atoms with Crippen LogP contribution in [-0.4, -0.2) is 11.9 Å². The third-order valence-electron chi connectivity index (χ3n) is 2.54. The maximum absolute atomic E-state index is 10.6. The second kappa shape index (κ2) is 4.99. The average Bonchev–Trinajstić information content (AvgIpc) is 2.29. The van der Waals surface area contributed by atoms with Crippen molar-refractivity contribution in [3.05, 3.63) is 48.0 Å². The highest BCUT2D eigenvalue weighted by molar-refractivity contribution is 6.62. The van der Waals surface area contributed by atoms with Gasteiger partial charge < -0.3 is 5.32 Å². The molecule has 1 amide bonds. The minimum atomic E-state index is -0.500. The number of rotatable bonds is 3. The average molecular weight is 234 g/mol. The van der Waals surface area contributed by atoms with E-state index in [0.29, 0.717) is 6.54 Å². The minimum absolute atomic E-state index is 0.500. The highest BCUT2D eigenvalue weighted by atomic mass is 35.5. The Bertz CT molecular complexity index is 505. The lowest BCUT2D eigenvalue weighted by molar-refractivity contribution is 0.260. The zero-order valence-electron chi connectivity index (χ0n) is 8.74. The van der Waals surface area contributed by atoms with E-state index in [4.69, 9.17) is 11.6 Å². The van der Waals surface area contributed by atoms with Crippen molar-refractivity contribution < 1.29 is 4.79 Å². The van der Waals surface area contributed by atoms with Crippen molar-refractivity contribution in [3.8, 4) is 0 Å². The van der Waals surface area contributed by atoms with Crippen LogP contribution in [0.2, 0.25) is 0 Å². The molecule has 3 heteroatoms. The van der Waals surface area contributed by atoms with Crippen LogP contribution in [-0.2, 0) is 6.42 Å². The van der Waals surface area contributed by atoms with E-state index in [1.807, 2.05) is 18.2 Å². The molecule has 16 heavy (non-hydrogen) atoms. The fourth-order valence-corrected chi connectivity index (χ4v) is 1.90. The molecule has 1 N–H and O–H groups in total. The van der Waals surface area contributed by atoms with Crippen LogP contribution in [0.4, 0.5) is 4.79 Å². The lowest BCUT2D eigenvalue weighted by Gasteiger charge is -2.06. The predicted octanol–water partition coefficient (Wildman–Crippen LogP) is 3.33. The Morgan fingerprint density at radius 3 is 2.69 bits per heavy atom. The number of carbonyl (C=O) groups is 1. The summed E-state index contributed by atoms with van der Waals surface area (Å²) in [6.45, 7) is 0.566. The molecule has 0 aliphatic carbocycles. The Hall–Kier alpha value is -1.54. The van der Waals surface area contributed by atoms with Gasteiger partial charge in [0.15, 0.2) is 0 Å². The molecule has 0 fully saturated rings. The van der Waals surface area contributed by atoms with Crippen LogP contribution in [0.3, 0.4) is 0 Å². The Labute approximate surface area is 99.2 Å². The summed E-state index contributed by atoms with van der Waals surface area (Å²) in [5.74, 6) is 0. The monoisotopic (exact) mass is 233 g/mol. The Balaban J connectivity index is 2.20. The minimum Gasteiger partial charge on any atom is -0.342 e. The van der Waals surface area contributed by atoms with Crippen molar-refractivity contribution in [1.29, 1.82) is 0 Å². The normalized spacial score (nSPS) is 10.3. The molecule has 0 spiro atoms. The number of fused-ring (bicyclic) bond motifs is 1. The number of benzene rings is 2. The van der Waals surface area contributed by atoms with Crippen molar-refractivity contribution >= 4 is 27.7 Å². The van der Waals surface area contributed by atoms with Crippen molar-refractivity contribution in [2.45, 2.75) is 6.42 Å². The van der Waals surface area contributed by atoms with Crippen LogP contribution in [0.5, 0.6) is 0 Å². The number of halogens is 1. The zero-order valence-corrected chi connectivity index (χ0v) is 9.50. The summed E-state index contributed by atoms with van der Waals surface area (Å²) >= 11 is 5.21. The third kappa shape index (κ3) is 2.52. The van der Waals surface area contributed by atoms with E-state index >= 15 is 0 Å². The molecule has 0 bridgehead atoms. The van der Waals surface area contributed by atoms with Gasteiger partial charge in [0.1, 0.15) is 0 Å². The summed E-state index contributed by atoms with van der Waals surface area (Å²) in [7, 11) is 0. The van der Waals surface area contributed by atoms with E-state index in [1.165, 1.54) is 16.3 Å². The van der Waals surface area contributed by atoms with Gasteiger partial charge in [-0.3, -0.25) is 4.79 Å². The van der Waals surface area contributed by atoms with Gasteiger partial charge in [-0.15, -0.1) is 0 Å². The quantitative estimate of drug-likeness (QED) is 0.640. The lowest BCUT2D eigenvalue weighted by Crippen LogP contribution is -2.19. The Kier molecular flexibility index (Phi) is 3.42. The van der Waals surface area contributed by atoms with Gasteiger partial charge in [0, 0.05) is 6.54 Å². The van der Waals surface area contributed by atoms with Crippen LogP contribution in [0.25, 0.3) is 10.8 Å². The fraction of sp³-hybridized carbons (Fsp3) is 0.154. The molecule has 2 aromatic rings. The highest BCUT2D eigenvalue weighted by Gasteiger charge is 2.00. The van der Waals surface area contributed by atoms with Crippen molar-refractivity contribution in [3.63, 3.8) is 0 Å². The maximum atomic E-state index is 10.6. The van der Waals surface area contributed by atoms with Crippen LogP contribution >= 0.6 is 11.6 Å². The van der Waals surface area contributed by atoms with Gasteiger partial charge in [-0.2, -0.15) is 0 Å². The van der Waals surface area contributed by atoms with Crippen molar-refractivity contribution in [1.82, 2.24) is 5.32 Å². The van der Waals surface area contributed by atoms with Gasteiger partial charge in [0.25, 0.3) is 0 Å². The number of hydrogen-bond donors (Lipinski definition) is 1. The topological polar surface area (TPSA) is 29.1 Å². The molecule has 0 unspecified atom stereocenters. The van der Waals surface area contributed by atoms with Crippen molar-refractivity contribution in [2.75, 3.05) is 6.54 Å². The smallest absolute Gasteiger partial charge is 0.313 e. The molecule has 82 valence electrons. The summed E-state index contributed by atoms with van der Waals surface area (Å²) in [5, 5.41) is 4.54. The first kappa shape index (κ1) is 11.0. The molecule has 2 rings (SSSR count). The first-order valence-corrected chi connectivity index (χ1v) is 5.55. The summed E-state index contributed by atoms with van der Waals surface area (Å²) in [5.41, 5.74) is 1.23. The Morgan fingerprint density at radius 1 is 1.12 bits per heavy atom. The number of amides is 1. The molecule has 0 aliphatic rings. The van der Waals surface area contributed by atoms with Crippen LogP contribution in [0.1, 0.15) is 5.56 Å². The summed E-state index contributed by atoms with van der Waals surface area (Å²) in [4.78, 5) is 10.6. The van der Waals surface area contributed by atoms with Gasteiger partial charge >= 0.3 is 5.37 Å². The number of carbonyl (C=O) groups excluding carboxylic acids is 1. The van der Waals surface area contributed by atoms with Gasteiger partial charge in [-0.1, -0.05) is 42.5 Å². The Morgan fingerprint density at radius 2 is 1.88 bits per heavy atom. The molecule has 2 nitrogen and oxygen atoms in total. The van der Waals surface area contributed by atoms with E-state index in [1.54, 1.807) is 0 Å². The summed E-state index contributed by atoms with van der Waals surface area (Å²) in [6, 6.07) is 14.4. The van der Waals surface area contributed by atoms with Crippen LogP contribution < -0.4 is 5.32 Å². The fourth-order valence-electron chi connectivity index (χ4n) is 1.81. The molecular formula is C13H12ClNO. The third-order valence-corrected chi connectivity index (χ3v) is 2.67. The second-order valence-electron chi connectivity index (χ2n) is 3.59. The van der Waals surface area contributed by atoms with E-state index in [0.717, 1.165) is 6.42 Å². The first-order valence-electron chi connectivity index (χ1n) is 5.17. The van der Waals surface area contributed by atoms with Crippen LogP contribution in [0, 0.1) is 0 Å². The zero-order chi connectivity index (χ0) is 11.4. The largest absolute Gasteiger partial charge is 0.342 e.